The Hall–Kier alpha value is -2.41. The number of hydrogen-bond acceptors (Lipinski definition) is 5. The van der Waals surface area contributed by atoms with E-state index in [4.69, 9.17) is 4.74 Å². The summed E-state index contributed by atoms with van der Waals surface area (Å²) in [6.07, 6.45) is 0.227. The zero-order valence-corrected chi connectivity index (χ0v) is 15.0. The third kappa shape index (κ3) is 3.56. The zero-order chi connectivity index (χ0) is 17.9. The number of rotatable bonds is 6. The van der Waals surface area contributed by atoms with Crippen LogP contribution in [-0.4, -0.2) is 28.9 Å². The SMILES string of the molecule is CCOC(=O)c1c(C(C)=O)c(C)n(NC(=O)Cc2ccsc2)c1C. The Balaban J connectivity index is 2.36. The zero-order valence-electron chi connectivity index (χ0n) is 14.1. The predicted octanol–water partition coefficient (Wildman–Crippen LogP) is 2.86. The summed E-state index contributed by atoms with van der Waals surface area (Å²) in [6.45, 7) is 6.67. The molecule has 0 aromatic carbocycles. The van der Waals surface area contributed by atoms with Gasteiger partial charge in [0.2, 0.25) is 5.91 Å². The molecule has 24 heavy (non-hydrogen) atoms. The van der Waals surface area contributed by atoms with Crippen LogP contribution in [0.15, 0.2) is 16.8 Å². The normalized spacial score (nSPS) is 10.5. The molecule has 7 heteroatoms. The molecule has 0 bridgehead atoms. The van der Waals surface area contributed by atoms with Crippen LogP contribution in [0.2, 0.25) is 0 Å². The molecule has 0 saturated carbocycles. The second-order valence-corrected chi connectivity index (χ2v) is 6.16. The minimum Gasteiger partial charge on any atom is -0.462 e. The number of hydrogen-bond donors (Lipinski definition) is 1. The molecule has 2 rings (SSSR count). The Bertz CT molecular complexity index is 775. The lowest BCUT2D eigenvalue weighted by Gasteiger charge is -2.11. The van der Waals surface area contributed by atoms with Crippen molar-refractivity contribution in [3.05, 3.63) is 44.9 Å². The van der Waals surface area contributed by atoms with E-state index < -0.39 is 5.97 Å². The molecule has 2 aromatic rings. The maximum absolute atomic E-state index is 12.2. The van der Waals surface area contributed by atoms with E-state index in [2.05, 4.69) is 5.43 Å². The Kier molecular flexibility index (Phi) is 5.56. The molecular formula is C17H20N2O4S. The largest absolute Gasteiger partial charge is 0.462 e. The van der Waals surface area contributed by atoms with Crippen LogP contribution in [0.1, 0.15) is 51.5 Å². The molecule has 0 radical (unpaired) electrons. The molecular weight excluding hydrogens is 328 g/mol. The number of nitrogens with one attached hydrogen (secondary N) is 1. The van der Waals surface area contributed by atoms with Crippen LogP contribution in [0.5, 0.6) is 0 Å². The number of amides is 1. The molecule has 1 amide bonds. The fourth-order valence-electron chi connectivity index (χ4n) is 2.63. The van der Waals surface area contributed by atoms with Gasteiger partial charge in [-0.05, 0) is 50.1 Å². The van der Waals surface area contributed by atoms with Crippen molar-refractivity contribution in [2.45, 2.75) is 34.1 Å². The summed E-state index contributed by atoms with van der Waals surface area (Å²) in [4.78, 5) is 36.4. The molecule has 0 saturated heterocycles. The molecule has 6 nitrogen and oxygen atoms in total. The number of Topliss-reactive ketones (excluding diaryl/α,β-unsaturated/α-hetero) is 1. The maximum atomic E-state index is 12.2. The first-order valence-corrected chi connectivity index (χ1v) is 8.52. The number of ketones is 1. The molecule has 0 unspecified atom stereocenters. The van der Waals surface area contributed by atoms with Gasteiger partial charge in [-0.2, -0.15) is 11.3 Å². The average Bonchev–Trinajstić information content (AvgIpc) is 3.08. The summed E-state index contributed by atoms with van der Waals surface area (Å²) in [7, 11) is 0. The van der Waals surface area contributed by atoms with Crippen LogP contribution in [0.4, 0.5) is 0 Å². The number of carbonyl (C=O) groups excluding carboxylic acids is 3. The molecule has 0 aliphatic carbocycles. The van der Waals surface area contributed by atoms with Crippen LogP contribution in [0.3, 0.4) is 0 Å². The Morgan fingerprint density at radius 1 is 1.21 bits per heavy atom. The summed E-state index contributed by atoms with van der Waals surface area (Å²) in [6, 6.07) is 1.88. The quantitative estimate of drug-likeness (QED) is 0.643. The minimum atomic E-state index is -0.561. The third-order valence-corrected chi connectivity index (χ3v) is 4.39. The van der Waals surface area contributed by atoms with Crippen molar-refractivity contribution in [3.8, 4) is 0 Å². The van der Waals surface area contributed by atoms with E-state index in [-0.39, 0.29) is 35.8 Å². The topological polar surface area (TPSA) is 77.4 Å². The lowest BCUT2D eigenvalue weighted by molar-refractivity contribution is -0.116. The number of ether oxygens (including phenoxy) is 1. The Labute approximate surface area is 144 Å². The number of thiophene rings is 1. The van der Waals surface area contributed by atoms with E-state index in [1.165, 1.54) is 22.9 Å². The van der Waals surface area contributed by atoms with Gasteiger partial charge in [-0.3, -0.25) is 19.7 Å². The highest BCUT2D eigenvalue weighted by Crippen LogP contribution is 2.23. The Morgan fingerprint density at radius 3 is 2.42 bits per heavy atom. The monoisotopic (exact) mass is 348 g/mol. The summed E-state index contributed by atoms with van der Waals surface area (Å²) >= 11 is 1.52. The third-order valence-electron chi connectivity index (χ3n) is 3.66. The second kappa shape index (κ2) is 7.44. The van der Waals surface area contributed by atoms with Gasteiger partial charge >= 0.3 is 5.97 Å². The number of carbonyl (C=O) groups is 3. The summed E-state index contributed by atoms with van der Waals surface area (Å²) < 4.78 is 6.53. The van der Waals surface area contributed by atoms with E-state index in [1.807, 2.05) is 16.8 Å². The van der Waals surface area contributed by atoms with Crippen LogP contribution in [0.25, 0.3) is 0 Å². The first-order chi connectivity index (χ1) is 11.4. The predicted molar refractivity (Wildman–Crippen MR) is 92.3 cm³/mol. The van der Waals surface area contributed by atoms with Crippen molar-refractivity contribution in [3.63, 3.8) is 0 Å². The number of aromatic nitrogens is 1. The van der Waals surface area contributed by atoms with Gasteiger partial charge in [0.15, 0.2) is 5.78 Å². The number of esters is 1. The van der Waals surface area contributed by atoms with Crippen LogP contribution in [0, 0.1) is 13.8 Å². The average molecular weight is 348 g/mol. The molecule has 0 fully saturated rings. The highest BCUT2D eigenvalue weighted by Gasteiger charge is 2.27. The van der Waals surface area contributed by atoms with Gasteiger partial charge in [-0.15, -0.1) is 0 Å². The highest BCUT2D eigenvalue weighted by atomic mass is 32.1. The molecule has 2 aromatic heterocycles. The molecule has 0 aliphatic heterocycles. The Morgan fingerprint density at radius 2 is 1.88 bits per heavy atom. The van der Waals surface area contributed by atoms with Crippen LogP contribution in [-0.2, 0) is 16.0 Å². The van der Waals surface area contributed by atoms with Crippen molar-refractivity contribution in [2.75, 3.05) is 12.0 Å². The van der Waals surface area contributed by atoms with Crippen molar-refractivity contribution < 1.29 is 19.1 Å². The first-order valence-electron chi connectivity index (χ1n) is 7.57. The molecule has 1 N–H and O–H groups in total. The molecule has 0 atom stereocenters. The second-order valence-electron chi connectivity index (χ2n) is 5.38. The summed E-state index contributed by atoms with van der Waals surface area (Å²) in [5.74, 6) is -1.03. The smallest absolute Gasteiger partial charge is 0.340 e. The summed E-state index contributed by atoms with van der Waals surface area (Å²) in [5, 5.41) is 3.81. The van der Waals surface area contributed by atoms with Crippen LogP contribution < -0.4 is 5.43 Å². The van der Waals surface area contributed by atoms with E-state index in [0.29, 0.717) is 11.4 Å². The van der Waals surface area contributed by atoms with Crippen molar-refractivity contribution in [1.82, 2.24) is 4.68 Å². The fourth-order valence-corrected chi connectivity index (χ4v) is 3.30. The van der Waals surface area contributed by atoms with E-state index in [1.54, 1.807) is 20.8 Å². The molecule has 2 heterocycles. The van der Waals surface area contributed by atoms with E-state index in [9.17, 15) is 14.4 Å². The lowest BCUT2D eigenvalue weighted by atomic mass is 10.1. The highest BCUT2D eigenvalue weighted by molar-refractivity contribution is 7.08. The van der Waals surface area contributed by atoms with Gasteiger partial charge in [-0.1, -0.05) is 0 Å². The molecule has 0 aliphatic rings. The van der Waals surface area contributed by atoms with Crippen molar-refractivity contribution in [2.24, 2.45) is 0 Å². The van der Waals surface area contributed by atoms with Gasteiger partial charge in [0, 0.05) is 5.69 Å². The van der Waals surface area contributed by atoms with E-state index in [0.717, 1.165) is 5.56 Å². The van der Waals surface area contributed by atoms with E-state index >= 15 is 0 Å². The summed E-state index contributed by atoms with van der Waals surface area (Å²) in [5.41, 5.74) is 5.15. The van der Waals surface area contributed by atoms with Gasteiger partial charge in [0.25, 0.3) is 0 Å². The molecule has 128 valence electrons. The lowest BCUT2D eigenvalue weighted by Crippen LogP contribution is -2.26. The fraction of sp³-hybridized carbons (Fsp3) is 0.353. The van der Waals surface area contributed by atoms with Gasteiger partial charge in [-0.25, -0.2) is 4.79 Å². The minimum absolute atomic E-state index is 0.206. The first kappa shape index (κ1) is 17.9. The van der Waals surface area contributed by atoms with Gasteiger partial charge < -0.3 is 4.74 Å². The molecule has 0 spiro atoms. The van der Waals surface area contributed by atoms with Gasteiger partial charge in [0.1, 0.15) is 0 Å². The van der Waals surface area contributed by atoms with Crippen molar-refractivity contribution >= 4 is 29.0 Å². The standard InChI is InChI=1S/C17H20N2O4S/c1-5-23-17(22)16-11(3)19(10(2)15(16)12(4)20)18-14(21)8-13-6-7-24-9-13/h6-7,9H,5,8H2,1-4H3,(H,18,21). The van der Waals surface area contributed by atoms with Gasteiger partial charge in [0.05, 0.1) is 29.8 Å². The maximum Gasteiger partial charge on any atom is 0.340 e. The number of nitrogens with zero attached hydrogens (tertiary/aromatic N) is 1. The van der Waals surface area contributed by atoms with Crippen LogP contribution >= 0.6 is 11.3 Å². The van der Waals surface area contributed by atoms with Crippen molar-refractivity contribution in [1.29, 1.82) is 0 Å².